The van der Waals surface area contributed by atoms with Gasteiger partial charge in [0.05, 0.1) is 14.2 Å². The van der Waals surface area contributed by atoms with Gasteiger partial charge in [-0.05, 0) is 42.5 Å². The molecule has 5 aromatic rings. The lowest BCUT2D eigenvalue weighted by atomic mass is 10.1. The molecule has 3 heterocycles. The quantitative estimate of drug-likeness (QED) is 0.343. The Balaban J connectivity index is 1.72. The number of hydrogen-bond acceptors (Lipinski definition) is 7. The first-order chi connectivity index (χ1) is 15.8. The van der Waals surface area contributed by atoms with Crippen LogP contribution in [0.1, 0.15) is 0 Å². The fourth-order valence-electron chi connectivity index (χ4n) is 3.48. The highest BCUT2D eigenvalue weighted by atomic mass is 16.5. The minimum Gasteiger partial charge on any atom is -0.493 e. The van der Waals surface area contributed by atoms with Gasteiger partial charge in [0.2, 0.25) is 5.89 Å². The Morgan fingerprint density at radius 3 is 2.25 bits per heavy atom. The van der Waals surface area contributed by atoms with Crippen LogP contribution in [0.5, 0.6) is 11.5 Å². The molecule has 5 rings (SSSR count). The van der Waals surface area contributed by atoms with Gasteiger partial charge in [0.15, 0.2) is 35.1 Å². The van der Waals surface area contributed by atoms with Gasteiger partial charge >= 0.3 is 0 Å². The number of methoxy groups -OCH3 is 2. The van der Waals surface area contributed by atoms with Gasteiger partial charge in [-0.2, -0.15) is 0 Å². The predicted octanol–water partition coefficient (Wildman–Crippen LogP) is 5.74. The summed E-state index contributed by atoms with van der Waals surface area (Å²) in [5.41, 5.74) is 3.68. The summed E-state index contributed by atoms with van der Waals surface area (Å²) in [6, 6.07) is 19.0. The second-order valence-corrected chi connectivity index (χ2v) is 6.90. The number of aromatic nitrogens is 3. The fraction of sp³-hybridized carbons (Fsp3) is 0.0800. The van der Waals surface area contributed by atoms with Crippen LogP contribution >= 0.6 is 0 Å². The zero-order valence-electron chi connectivity index (χ0n) is 17.5. The Morgan fingerprint density at radius 2 is 1.50 bits per heavy atom. The number of ether oxygens (including phenoxy) is 2. The third-order valence-electron chi connectivity index (χ3n) is 5.03. The molecular formula is C25H19N3O4. The van der Waals surface area contributed by atoms with Crippen LogP contribution in [-0.2, 0) is 0 Å². The van der Waals surface area contributed by atoms with E-state index in [1.807, 2.05) is 60.7 Å². The van der Waals surface area contributed by atoms with Gasteiger partial charge in [0.25, 0.3) is 0 Å². The van der Waals surface area contributed by atoms with Crippen molar-refractivity contribution in [1.29, 1.82) is 0 Å². The zero-order chi connectivity index (χ0) is 21.9. The van der Waals surface area contributed by atoms with Crippen molar-refractivity contribution in [3.05, 3.63) is 79.5 Å². The molecule has 0 radical (unpaired) electrons. The number of benzene rings is 2. The smallest absolute Gasteiger partial charge is 0.227 e. The van der Waals surface area contributed by atoms with E-state index in [0.29, 0.717) is 40.3 Å². The highest BCUT2D eigenvalue weighted by molar-refractivity contribution is 5.84. The Hall–Kier alpha value is -4.39. The van der Waals surface area contributed by atoms with Crippen LogP contribution < -0.4 is 9.47 Å². The highest BCUT2D eigenvalue weighted by Crippen LogP contribution is 2.41. The molecule has 0 fully saturated rings. The molecule has 0 aliphatic rings. The van der Waals surface area contributed by atoms with Gasteiger partial charge in [-0.3, -0.25) is 4.98 Å². The summed E-state index contributed by atoms with van der Waals surface area (Å²) in [7, 11) is 3.19. The van der Waals surface area contributed by atoms with E-state index in [0.717, 1.165) is 16.7 Å². The van der Waals surface area contributed by atoms with Crippen molar-refractivity contribution in [3.8, 4) is 57.0 Å². The largest absolute Gasteiger partial charge is 0.493 e. The van der Waals surface area contributed by atoms with E-state index < -0.39 is 0 Å². The first-order valence-corrected chi connectivity index (χ1v) is 9.91. The molecule has 0 saturated heterocycles. The average Bonchev–Trinajstić information content (AvgIpc) is 3.52. The Bertz CT molecular complexity index is 1340. The zero-order valence-corrected chi connectivity index (χ0v) is 17.5. The highest BCUT2D eigenvalue weighted by Gasteiger charge is 2.25. The topological polar surface area (TPSA) is 83.4 Å². The molecule has 0 N–H and O–H groups in total. The molecule has 0 bridgehead atoms. The molecule has 0 aliphatic carbocycles. The van der Waals surface area contributed by atoms with Gasteiger partial charge in [0.1, 0.15) is 5.69 Å². The summed E-state index contributed by atoms with van der Waals surface area (Å²) in [4.78, 5) is 13.3. The van der Waals surface area contributed by atoms with Gasteiger partial charge in [-0.25, -0.2) is 9.97 Å². The van der Waals surface area contributed by atoms with E-state index in [2.05, 4.69) is 9.97 Å². The molecular weight excluding hydrogens is 406 g/mol. The maximum atomic E-state index is 6.27. The molecule has 0 unspecified atom stereocenters. The molecule has 2 aromatic carbocycles. The van der Waals surface area contributed by atoms with Crippen molar-refractivity contribution in [2.75, 3.05) is 14.2 Å². The minimum absolute atomic E-state index is 0.475. The fourth-order valence-corrected chi connectivity index (χ4v) is 3.48. The SMILES string of the molecule is COc1ccc(-c2oc(-c3ccccc3)nc2-c2ocnc2-c2ccncc2)cc1OC. The maximum Gasteiger partial charge on any atom is 0.227 e. The maximum absolute atomic E-state index is 6.27. The molecule has 7 heteroatoms. The molecule has 0 saturated carbocycles. The summed E-state index contributed by atoms with van der Waals surface area (Å²) in [6.07, 6.45) is 4.82. The molecule has 0 spiro atoms. The van der Waals surface area contributed by atoms with E-state index in [1.54, 1.807) is 26.6 Å². The van der Waals surface area contributed by atoms with Crippen LogP contribution in [-0.4, -0.2) is 29.2 Å². The van der Waals surface area contributed by atoms with E-state index in [4.69, 9.17) is 23.3 Å². The summed E-state index contributed by atoms with van der Waals surface area (Å²) in [5, 5.41) is 0. The Kier molecular flexibility index (Phi) is 5.13. The Morgan fingerprint density at radius 1 is 0.719 bits per heavy atom. The van der Waals surface area contributed by atoms with E-state index >= 15 is 0 Å². The van der Waals surface area contributed by atoms with Crippen LogP contribution in [0.2, 0.25) is 0 Å². The van der Waals surface area contributed by atoms with E-state index in [9.17, 15) is 0 Å². The number of oxazole rings is 2. The van der Waals surface area contributed by atoms with Crippen molar-refractivity contribution in [3.63, 3.8) is 0 Å². The lowest BCUT2D eigenvalue weighted by molar-refractivity contribution is 0.355. The van der Waals surface area contributed by atoms with Crippen molar-refractivity contribution >= 4 is 0 Å². The Labute approximate surface area is 184 Å². The number of pyridine rings is 1. The second-order valence-electron chi connectivity index (χ2n) is 6.90. The van der Waals surface area contributed by atoms with Gasteiger partial charge < -0.3 is 18.3 Å². The van der Waals surface area contributed by atoms with Crippen molar-refractivity contribution in [2.45, 2.75) is 0 Å². The molecule has 158 valence electrons. The summed E-state index contributed by atoms with van der Waals surface area (Å²) in [5.74, 6) is 2.73. The van der Waals surface area contributed by atoms with Gasteiger partial charge in [-0.15, -0.1) is 0 Å². The molecule has 7 nitrogen and oxygen atoms in total. The molecule has 3 aromatic heterocycles. The van der Waals surface area contributed by atoms with Crippen molar-refractivity contribution in [1.82, 2.24) is 15.0 Å². The summed E-state index contributed by atoms with van der Waals surface area (Å²) < 4.78 is 22.9. The third kappa shape index (κ3) is 3.50. The number of rotatable bonds is 6. The van der Waals surface area contributed by atoms with Crippen LogP contribution in [0.4, 0.5) is 0 Å². The third-order valence-corrected chi connectivity index (χ3v) is 5.03. The second kappa shape index (κ2) is 8.39. The number of hydrogen-bond donors (Lipinski definition) is 0. The van der Waals surface area contributed by atoms with Crippen LogP contribution in [0.15, 0.2) is 88.3 Å². The van der Waals surface area contributed by atoms with Gasteiger partial charge in [-0.1, -0.05) is 18.2 Å². The van der Waals surface area contributed by atoms with Crippen LogP contribution in [0.25, 0.3) is 45.5 Å². The predicted molar refractivity (Wildman–Crippen MR) is 119 cm³/mol. The van der Waals surface area contributed by atoms with Crippen LogP contribution in [0.3, 0.4) is 0 Å². The first-order valence-electron chi connectivity index (χ1n) is 9.91. The van der Waals surface area contributed by atoms with Crippen molar-refractivity contribution in [2.24, 2.45) is 0 Å². The number of nitrogens with zero attached hydrogens (tertiary/aromatic N) is 3. The molecule has 0 aliphatic heterocycles. The molecule has 0 atom stereocenters. The normalized spacial score (nSPS) is 10.8. The average molecular weight is 425 g/mol. The van der Waals surface area contributed by atoms with Crippen LogP contribution in [0, 0.1) is 0 Å². The van der Waals surface area contributed by atoms with Gasteiger partial charge in [0, 0.05) is 29.1 Å². The summed E-state index contributed by atoms with van der Waals surface area (Å²) >= 11 is 0. The minimum atomic E-state index is 0.475. The first kappa shape index (κ1) is 19.6. The lowest BCUT2D eigenvalue weighted by Crippen LogP contribution is -1.91. The van der Waals surface area contributed by atoms with Crippen molar-refractivity contribution < 1.29 is 18.3 Å². The summed E-state index contributed by atoms with van der Waals surface area (Å²) in [6.45, 7) is 0. The standard InChI is InChI=1S/C25H19N3O4/c1-29-19-9-8-18(14-20(19)30-2)23-22(28-25(32-23)17-6-4-3-5-7-17)24-21(27-15-31-24)16-10-12-26-13-11-16/h3-15H,1-2H3. The molecule has 32 heavy (non-hydrogen) atoms. The lowest BCUT2D eigenvalue weighted by Gasteiger charge is -2.09. The van der Waals surface area contributed by atoms with E-state index in [1.165, 1.54) is 6.39 Å². The monoisotopic (exact) mass is 425 g/mol. The van der Waals surface area contributed by atoms with E-state index in [-0.39, 0.29) is 0 Å². The molecule has 0 amide bonds.